The van der Waals surface area contributed by atoms with Gasteiger partial charge in [-0.1, -0.05) is 29.5 Å². The Balaban J connectivity index is 1.72. The van der Waals surface area contributed by atoms with Crippen molar-refractivity contribution in [1.29, 1.82) is 0 Å². The minimum atomic E-state index is -0.753. The van der Waals surface area contributed by atoms with Crippen LogP contribution < -0.4 is 5.43 Å². The number of aromatic nitrogens is 1. The van der Waals surface area contributed by atoms with Crippen LogP contribution in [0.15, 0.2) is 47.5 Å². The molecule has 12 heteroatoms. The van der Waals surface area contributed by atoms with Gasteiger partial charge in [-0.25, -0.2) is 4.68 Å². The highest BCUT2D eigenvalue weighted by atomic mass is 32.1. The molecule has 0 saturated carbocycles. The third-order valence-corrected chi connectivity index (χ3v) is 5.59. The Morgan fingerprint density at radius 3 is 2.67 bits per heavy atom. The molecule has 2 N–H and O–H groups in total. The molecule has 0 fully saturated rings. The highest BCUT2D eigenvalue weighted by Crippen LogP contribution is 2.36. The molecular formula is C18H11N5O5S2. The Kier molecular flexibility index (Phi) is 4.85. The second kappa shape index (κ2) is 7.50. The van der Waals surface area contributed by atoms with Crippen LogP contribution in [0, 0.1) is 24.2 Å². The molecule has 1 aliphatic rings. The van der Waals surface area contributed by atoms with Crippen LogP contribution in [-0.4, -0.2) is 25.8 Å². The number of nitrogens with one attached hydrogen (secondary N) is 1. The van der Waals surface area contributed by atoms with Crippen molar-refractivity contribution < 1.29 is 15.0 Å². The van der Waals surface area contributed by atoms with Crippen molar-refractivity contribution >= 4 is 64.2 Å². The molecule has 10 nitrogen and oxygen atoms in total. The molecule has 0 amide bonds. The van der Waals surface area contributed by atoms with Crippen LogP contribution >= 0.6 is 23.6 Å². The van der Waals surface area contributed by atoms with E-state index in [1.165, 1.54) is 6.07 Å². The van der Waals surface area contributed by atoms with E-state index in [2.05, 4.69) is 10.4 Å². The molecule has 1 aromatic heterocycles. The molecular weight excluding hydrogens is 430 g/mol. The average molecular weight is 441 g/mol. The second-order valence-corrected chi connectivity index (χ2v) is 7.77. The maximum Gasteiger partial charge on any atom is 0.300 e. The van der Waals surface area contributed by atoms with Crippen LogP contribution in [0.1, 0.15) is 10.4 Å². The van der Waals surface area contributed by atoms with E-state index in [1.54, 1.807) is 12.3 Å². The van der Waals surface area contributed by atoms with Crippen molar-refractivity contribution in [2.75, 3.05) is 5.43 Å². The quantitative estimate of drug-likeness (QED) is 0.325. The summed E-state index contributed by atoms with van der Waals surface area (Å²) in [6, 6.07) is 10.7. The molecule has 0 saturated heterocycles. The van der Waals surface area contributed by atoms with Crippen LogP contribution in [0.3, 0.4) is 0 Å². The number of nitrogens with zero attached hydrogens (tertiary/aromatic N) is 4. The van der Waals surface area contributed by atoms with E-state index < -0.39 is 21.2 Å². The van der Waals surface area contributed by atoms with Crippen LogP contribution in [0.25, 0.3) is 11.6 Å². The highest BCUT2D eigenvalue weighted by Gasteiger charge is 2.22. The zero-order valence-electron chi connectivity index (χ0n) is 14.9. The van der Waals surface area contributed by atoms with Crippen molar-refractivity contribution in [1.82, 2.24) is 4.68 Å². The lowest BCUT2D eigenvalue weighted by atomic mass is 10.1. The number of rotatable bonds is 5. The summed E-state index contributed by atoms with van der Waals surface area (Å²) in [5.41, 5.74) is 4.17. The fraction of sp³-hybridized carbons (Fsp3) is 0. The van der Waals surface area contributed by atoms with Gasteiger partial charge in [0.15, 0.2) is 3.95 Å². The summed E-state index contributed by atoms with van der Waals surface area (Å²) in [6.45, 7) is 0. The molecule has 3 aromatic rings. The lowest BCUT2D eigenvalue weighted by Gasteiger charge is -2.09. The SMILES string of the molecule is O=[N+]([O-])c1ccc(Nn2c(O)c(C=C3C=Nc4ccccc43)sc2=S)c([N+](=O)[O-])c1. The lowest BCUT2D eigenvalue weighted by Crippen LogP contribution is -2.10. The van der Waals surface area contributed by atoms with Crippen LogP contribution in [-0.2, 0) is 0 Å². The van der Waals surface area contributed by atoms with E-state index in [9.17, 15) is 25.3 Å². The molecule has 2 aromatic carbocycles. The van der Waals surface area contributed by atoms with Crippen molar-refractivity contribution in [3.8, 4) is 5.88 Å². The molecule has 150 valence electrons. The number of fused-ring (bicyclic) bond motifs is 1. The molecule has 1 aliphatic heterocycles. The normalized spacial score (nSPS) is 13.4. The van der Waals surface area contributed by atoms with Gasteiger partial charge in [0.1, 0.15) is 5.69 Å². The zero-order chi connectivity index (χ0) is 21.4. The van der Waals surface area contributed by atoms with E-state index in [-0.39, 0.29) is 15.5 Å². The van der Waals surface area contributed by atoms with Gasteiger partial charge >= 0.3 is 5.69 Å². The molecule has 0 aliphatic carbocycles. The van der Waals surface area contributed by atoms with Gasteiger partial charge in [-0.2, -0.15) is 0 Å². The predicted molar refractivity (Wildman–Crippen MR) is 116 cm³/mol. The number of aromatic hydroxyl groups is 1. The van der Waals surface area contributed by atoms with Crippen molar-refractivity contribution in [3.63, 3.8) is 0 Å². The first kappa shape index (κ1) is 19.4. The Bertz CT molecular complexity index is 1320. The fourth-order valence-electron chi connectivity index (χ4n) is 2.87. The monoisotopic (exact) mass is 441 g/mol. The van der Waals surface area contributed by atoms with E-state index >= 15 is 0 Å². The number of benzene rings is 2. The molecule has 0 spiro atoms. The van der Waals surface area contributed by atoms with E-state index in [4.69, 9.17) is 12.2 Å². The molecule has 30 heavy (non-hydrogen) atoms. The number of hydrogen-bond acceptors (Lipinski definition) is 9. The number of anilines is 1. The largest absolute Gasteiger partial charge is 0.492 e. The number of allylic oxidation sites excluding steroid dienone is 1. The van der Waals surface area contributed by atoms with Crippen molar-refractivity contribution in [2.24, 2.45) is 4.99 Å². The molecule has 0 unspecified atom stereocenters. The van der Waals surface area contributed by atoms with Crippen LogP contribution in [0.2, 0.25) is 0 Å². The van der Waals surface area contributed by atoms with Gasteiger partial charge in [0.05, 0.1) is 26.5 Å². The molecule has 2 heterocycles. The van der Waals surface area contributed by atoms with E-state index in [0.29, 0.717) is 4.88 Å². The number of nitro benzene ring substituents is 2. The lowest BCUT2D eigenvalue weighted by molar-refractivity contribution is -0.393. The summed E-state index contributed by atoms with van der Waals surface area (Å²) < 4.78 is 1.31. The number of hydrogen-bond donors (Lipinski definition) is 2. The van der Waals surface area contributed by atoms with Gasteiger partial charge in [-0.15, -0.1) is 0 Å². The Labute approximate surface area is 177 Å². The number of aliphatic imine (C=N–C) groups is 1. The smallest absolute Gasteiger partial charge is 0.300 e. The first-order valence-corrected chi connectivity index (χ1v) is 9.57. The number of non-ortho nitro benzene ring substituents is 1. The number of thiazole rings is 1. The van der Waals surface area contributed by atoms with Gasteiger partial charge in [-0.05, 0) is 30.4 Å². The molecule has 4 rings (SSSR count). The van der Waals surface area contributed by atoms with E-state index in [1.807, 2.05) is 24.3 Å². The summed E-state index contributed by atoms with van der Waals surface area (Å²) in [5.74, 6) is -0.247. The Morgan fingerprint density at radius 2 is 1.93 bits per heavy atom. The standard InChI is InChI=1S/C18H11N5O5S2/c24-17-16(7-10-9-19-13-4-2-1-3-12(10)13)30-18(29)21(17)20-14-6-5-11(22(25)26)8-15(14)23(27)28/h1-9,20,24H. The van der Waals surface area contributed by atoms with Crippen molar-refractivity contribution in [2.45, 2.75) is 0 Å². The Morgan fingerprint density at radius 1 is 1.17 bits per heavy atom. The first-order valence-electron chi connectivity index (χ1n) is 8.35. The number of para-hydroxylation sites is 1. The molecule has 0 bridgehead atoms. The first-order chi connectivity index (χ1) is 14.3. The van der Waals surface area contributed by atoms with Gasteiger partial charge in [0.25, 0.3) is 5.69 Å². The third kappa shape index (κ3) is 3.44. The zero-order valence-corrected chi connectivity index (χ0v) is 16.5. The van der Waals surface area contributed by atoms with Gasteiger partial charge in [0.2, 0.25) is 5.88 Å². The third-order valence-electron chi connectivity index (χ3n) is 4.28. The topological polar surface area (TPSA) is 136 Å². The van der Waals surface area contributed by atoms with Gasteiger partial charge in [-0.3, -0.25) is 30.6 Å². The van der Waals surface area contributed by atoms with Gasteiger partial charge < -0.3 is 5.11 Å². The summed E-state index contributed by atoms with van der Waals surface area (Å²) in [7, 11) is 0. The minimum absolute atomic E-state index is 0.0539. The predicted octanol–water partition coefficient (Wildman–Crippen LogP) is 4.93. The second-order valence-electron chi connectivity index (χ2n) is 6.09. The Hall–Kier alpha value is -3.90. The molecule has 0 atom stereocenters. The van der Waals surface area contributed by atoms with Gasteiger partial charge in [0, 0.05) is 23.4 Å². The maximum atomic E-state index is 11.3. The average Bonchev–Trinajstić information content (AvgIpc) is 3.24. The molecule has 0 radical (unpaired) electrons. The summed E-state index contributed by atoms with van der Waals surface area (Å²) in [4.78, 5) is 25.5. The number of nitro groups is 2. The summed E-state index contributed by atoms with van der Waals surface area (Å²) in [6.07, 6.45) is 3.39. The van der Waals surface area contributed by atoms with Crippen LogP contribution in [0.5, 0.6) is 5.88 Å². The van der Waals surface area contributed by atoms with E-state index in [0.717, 1.165) is 45.0 Å². The fourth-order valence-corrected chi connectivity index (χ4v) is 4.05. The summed E-state index contributed by atoms with van der Waals surface area (Å²) >= 11 is 6.37. The maximum absolute atomic E-state index is 11.3. The summed E-state index contributed by atoms with van der Waals surface area (Å²) in [5, 5.41) is 32.9. The van der Waals surface area contributed by atoms with Crippen LogP contribution in [0.4, 0.5) is 22.7 Å². The van der Waals surface area contributed by atoms with Crippen molar-refractivity contribution in [3.05, 3.63) is 77.1 Å². The minimum Gasteiger partial charge on any atom is -0.492 e. The highest BCUT2D eigenvalue weighted by molar-refractivity contribution is 7.73.